The summed E-state index contributed by atoms with van der Waals surface area (Å²) in [6, 6.07) is 10.4. The summed E-state index contributed by atoms with van der Waals surface area (Å²) in [7, 11) is 0. The maximum atomic E-state index is 3.84. The molecule has 0 aromatic heterocycles. The lowest BCUT2D eigenvalue weighted by Crippen LogP contribution is -2.34. The van der Waals surface area contributed by atoms with Crippen molar-refractivity contribution in [1.82, 2.24) is 4.90 Å². The molecule has 0 heterocycles. The number of nitrogens with zero attached hydrogens (tertiary/aromatic N) is 1. The minimum absolute atomic E-state index is 0.270. The van der Waals surface area contributed by atoms with E-state index in [1.807, 2.05) is 30.4 Å². The standard InChI is InChI=1S/C19H25N/c1-4-7-13-19(20(16-5-2)17-6-3)15-14-18-11-9-8-10-12-18/h5-6,8-12,19H,2-4,7,13,16-17H2,1H3/t19-/m0/s1. The highest BCUT2D eigenvalue weighted by Gasteiger charge is 2.13. The van der Waals surface area contributed by atoms with Gasteiger partial charge in [-0.25, -0.2) is 0 Å². The van der Waals surface area contributed by atoms with Crippen LogP contribution in [0.25, 0.3) is 0 Å². The number of rotatable bonds is 8. The third-order valence-corrected chi connectivity index (χ3v) is 3.16. The second-order valence-electron chi connectivity index (χ2n) is 4.82. The van der Waals surface area contributed by atoms with Crippen molar-refractivity contribution in [3.05, 3.63) is 61.2 Å². The summed E-state index contributed by atoms with van der Waals surface area (Å²) in [6.07, 6.45) is 7.36. The van der Waals surface area contributed by atoms with E-state index in [2.05, 4.69) is 49.0 Å². The molecule has 1 heteroatoms. The quantitative estimate of drug-likeness (QED) is 0.502. The van der Waals surface area contributed by atoms with Gasteiger partial charge in [0.15, 0.2) is 0 Å². The molecule has 0 N–H and O–H groups in total. The Bertz CT molecular complexity index is 440. The number of hydrogen-bond acceptors (Lipinski definition) is 1. The predicted octanol–water partition coefficient (Wildman–Crippen LogP) is 4.27. The van der Waals surface area contributed by atoms with Gasteiger partial charge in [-0.3, -0.25) is 4.90 Å². The van der Waals surface area contributed by atoms with E-state index in [1.54, 1.807) is 0 Å². The largest absolute Gasteiger partial charge is 0.282 e. The van der Waals surface area contributed by atoms with Crippen molar-refractivity contribution in [2.45, 2.75) is 32.2 Å². The molecule has 0 aliphatic rings. The predicted molar refractivity (Wildman–Crippen MR) is 88.6 cm³/mol. The van der Waals surface area contributed by atoms with Gasteiger partial charge in [0.05, 0.1) is 6.04 Å². The van der Waals surface area contributed by atoms with Crippen LogP contribution in [0.1, 0.15) is 31.7 Å². The maximum absolute atomic E-state index is 3.84. The van der Waals surface area contributed by atoms with Crippen LogP contribution in [0.5, 0.6) is 0 Å². The van der Waals surface area contributed by atoms with Gasteiger partial charge >= 0.3 is 0 Å². The van der Waals surface area contributed by atoms with E-state index >= 15 is 0 Å². The van der Waals surface area contributed by atoms with Gasteiger partial charge in [0.2, 0.25) is 0 Å². The van der Waals surface area contributed by atoms with Gasteiger partial charge in [-0.2, -0.15) is 0 Å². The van der Waals surface area contributed by atoms with Crippen molar-refractivity contribution in [3.63, 3.8) is 0 Å². The van der Waals surface area contributed by atoms with Crippen LogP contribution >= 0.6 is 0 Å². The van der Waals surface area contributed by atoms with E-state index in [-0.39, 0.29) is 6.04 Å². The molecule has 20 heavy (non-hydrogen) atoms. The molecule has 0 amide bonds. The SMILES string of the molecule is C=CCN(CC=C)[C@H](C#Cc1ccccc1)CCCC. The minimum atomic E-state index is 0.270. The average Bonchev–Trinajstić information content (AvgIpc) is 2.48. The lowest BCUT2D eigenvalue weighted by atomic mass is 10.1. The van der Waals surface area contributed by atoms with E-state index in [9.17, 15) is 0 Å². The van der Waals surface area contributed by atoms with Crippen molar-refractivity contribution < 1.29 is 0 Å². The first kappa shape index (κ1) is 16.3. The van der Waals surface area contributed by atoms with Crippen LogP contribution < -0.4 is 0 Å². The van der Waals surface area contributed by atoms with Crippen LogP contribution in [0.15, 0.2) is 55.6 Å². The van der Waals surface area contributed by atoms with Crippen LogP contribution in [0.4, 0.5) is 0 Å². The summed E-state index contributed by atoms with van der Waals surface area (Å²) in [4.78, 5) is 2.33. The van der Waals surface area contributed by atoms with Crippen LogP contribution in [0, 0.1) is 11.8 Å². The Hall–Kier alpha value is -1.78. The van der Waals surface area contributed by atoms with Gasteiger partial charge in [0.25, 0.3) is 0 Å². The molecule has 0 saturated heterocycles. The number of unbranched alkanes of at least 4 members (excludes halogenated alkanes) is 1. The van der Waals surface area contributed by atoms with E-state index in [1.165, 1.54) is 12.8 Å². The molecule has 0 radical (unpaired) electrons. The first-order chi connectivity index (χ1) is 9.81. The molecule has 1 rings (SSSR count). The number of hydrogen-bond donors (Lipinski definition) is 0. The Morgan fingerprint density at radius 3 is 2.35 bits per heavy atom. The number of benzene rings is 1. The Labute approximate surface area is 124 Å². The smallest absolute Gasteiger partial charge is 0.0723 e. The van der Waals surface area contributed by atoms with Gasteiger partial charge in [0.1, 0.15) is 0 Å². The van der Waals surface area contributed by atoms with E-state index in [4.69, 9.17) is 0 Å². The summed E-state index contributed by atoms with van der Waals surface area (Å²) in [5, 5.41) is 0. The second-order valence-corrected chi connectivity index (χ2v) is 4.82. The summed E-state index contributed by atoms with van der Waals surface area (Å²) in [5.74, 6) is 6.71. The van der Waals surface area contributed by atoms with Crippen LogP contribution in [-0.2, 0) is 0 Å². The van der Waals surface area contributed by atoms with Crippen molar-refractivity contribution in [1.29, 1.82) is 0 Å². The molecule has 106 valence electrons. The first-order valence-electron chi connectivity index (χ1n) is 7.34. The monoisotopic (exact) mass is 267 g/mol. The van der Waals surface area contributed by atoms with Gasteiger partial charge in [-0.05, 0) is 18.6 Å². The molecule has 0 spiro atoms. The van der Waals surface area contributed by atoms with Gasteiger partial charge in [-0.1, -0.05) is 62.0 Å². The molecule has 1 aromatic rings. The maximum Gasteiger partial charge on any atom is 0.0723 e. The van der Waals surface area contributed by atoms with Crippen LogP contribution in [0.2, 0.25) is 0 Å². The molecular weight excluding hydrogens is 242 g/mol. The fourth-order valence-electron chi connectivity index (χ4n) is 2.09. The van der Waals surface area contributed by atoms with Crippen LogP contribution in [-0.4, -0.2) is 24.0 Å². The second kappa shape index (κ2) is 10.1. The first-order valence-corrected chi connectivity index (χ1v) is 7.34. The Kier molecular flexibility index (Phi) is 8.19. The zero-order chi connectivity index (χ0) is 14.6. The summed E-state index contributed by atoms with van der Waals surface area (Å²) < 4.78 is 0. The van der Waals surface area contributed by atoms with Crippen molar-refractivity contribution in [2.75, 3.05) is 13.1 Å². The third kappa shape index (κ3) is 5.91. The highest BCUT2D eigenvalue weighted by atomic mass is 15.1. The molecule has 0 bridgehead atoms. The molecule has 0 fully saturated rings. The molecular formula is C19H25N. The fraction of sp³-hybridized carbons (Fsp3) is 0.368. The van der Waals surface area contributed by atoms with Crippen molar-refractivity contribution >= 4 is 0 Å². The normalized spacial score (nSPS) is 11.5. The zero-order valence-electron chi connectivity index (χ0n) is 12.5. The fourth-order valence-corrected chi connectivity index (χ4v) is 2.09. The highest BCUT2D eigenvalue weighted by Crippen LogP contribution is 2.09. The molecule has 1 nitrogen and oxygen atoms in total. The summed E-state index contributed by atoms with van der Waals surface area (Å²) in [5.41, 5.74) is 1.08. The molecule has 0 aliphatic carbocycles. The van der Waals surface area contributed by atoms with E-state index in [0.29, 0.717) is 0 Å². The highest BCUT2D eigenvalue weighted by molar-refractivity contribution is 5.34. The third-order valence-electron chi connectivity index (χ3n) is 3.16. The Morgan fingerprint density at radius 1 is 1.15 bits per heavy atom. The Balaban J connectivity index is 2.84. The minimum Gasteiger partial charge on any atom is -0.282 e. The molecule has 1 aromatic carbocycles. The molecule has 0 aliphatic heterocycles. The summed E-state index contributed by atoms with van der Waals surface area (Å²) >= 11 is 0. The van der Waals surface area contributed by atoms with Crippen molar-refractivity contribution in [2.24, 2.45) is 0 Å². The molecule has 0 saturated carbocycles. The summed E-state index contributed by atoms with van der Waals surface area (Å²) in [6.45, 7) is 11.6. The average molecular weight is 267 g/mol. The van der Waals surface area contributed by atoms with E-state index in [0.717, 1.165) is 25.1 Å². The van der Waals surface area contributed by atoms with Gasteiger partial charge in [0, 0.05) is 18.7 Å². The Morgan fingerprint density at radius 2 is 1.80 bits per heavy atom. The topological polar surface area (TPSA) is 3.24 Å². The zero-order valence-corrected chi connectivity index (χ0v) is 12.5. The molecule has 1 atom stereocenters. The van der Waals surface area contributed by atoms with Gasteiger partial charge in [-0.15, -0.1) is 13.2 Å². The van der Waals surface area contributed by atoms with Crippen molar-refractivity contribution in [3.8, 4) is 11.8 Å². The van der Waals surface area contributed by atoms with E-state index < -0.39 is 0 Å². The van der Waals surface area contributed by atoms with Crippen LogP contribution in [0.3, 0.4) is 0 Å². The molecule has 0 unspecified atom stereocenters. The van der Waals surface area contributed by atoms with Gasteiger partial charge < -0.3 is 0 Å². The lowest BCUT2D eigenvalue weighted by Gasteiger charge is -2.25. The lowest BCUT2D eigenvalue weighted by molar-refractivity contribution is 0.273.